The normalized spacial score (nSPS) is 13.9. The monoisotopic (exact) mass is 798 g/mol. The minimum Gasteiger partial charge on any atom is -0.500 e. The number of hydrogen-bond acceptors (Lipinski definition) is 5. The van der Waals surface area contributed by atoms with E-state index in [2.05, 4.69) is 161 Å². The van der Waals surface area contributed by atoms with Crippen LogP contribution in [-0.4, -0.2) is 11.8 Å². The summed E-state index contributed by atoms with van der Waals surface area (Å²) in [7, 11) is 0. The molecule has 0 saturated carbocycles. The van der Waals surface area contributed by atoms with E-state index in [1.807, 2.05) is 12.1 Å². The van der Waals surface area contributed by atoms with Crippen LogP contribution < -0.4 is 25.5 Å². The fraction of sp³-hybridized carbons (Fsp3) is 0. The van der Waals surface area contributed by atoms with Gasteiger partial charge in [-0.1, -0.05) is 72.3 Å². The van der Waals surface area contributed by atoms with Crippen molar-refractivity contribution in [2.45, 2.75) is 0 Å². The second-order valence-electron chi connectivity index (χ2n) is 11.7. The quantitative estimate of drug-likeness (QED) is 0.133. The van der Waals surface area contributed by atoms with Gasteiger partial charge in [0.1, 0.15) is 0 Å². The van der Waals surface area contributed by atoms with Crippen molar-refractivity contribution in [2.24, 2.45) is 0 Å². The summed E-state index contributed by atoms with van der Waals surface area (Å²) < 4.78 is 1.19. The summed E-state index contributed by atoms with van der Waals surface area (Å²) in [5.74, 6) is 0. The number of hydrogen-bond donors (Lipinski definition) is 0. The van der Waals surface area contributed by atoms with Crippen molar-refractivity contribution in [1.82, 2.24) is 4.98 Å². The van der Waals surface area contributed by atoms with Crippen molar-refractivity contribution in [3.63, 3.8) is 0 Å². The first-order valence-corrected chi connectivity index (χ1v) is 16.2. The number of nitrogens with zero attached hydrogens (tertiary/aromatic N) is 4. The van der Waals surface area contributed by atoms with E-state index in [4.69, 9.17) is 4.98 Å². The molecule has 6 aromatic carbocycles. The Morgan fingerprint density at radius 3 is 2.00 bits per heavy atom. The first-order chi connectivity index (χ1) is 22.8. The first kappa shape index (κ1) is 28.3. The van der Waals surface area contributed by atoms with Gasteiger partial charge in [0.25, 0.3) is 6.85 Å². The molecule has 0 bridgehead atoms. The van der Waals surface area contributed by atoms with Crippen LogP contribution in [0.15, 0.2) is 140 Å². The molecule has 0 aliphatic carbocycles. The Labute approximate surface area is 292 Å². The molecule has 0 radical (unpaired) electrons. The van der Waals surface area contributed by atoms with Gasteiger partial charge in [-0.05, 0) is 54.4 Å². The van der Waals surface area contributed by atoms with Crippen molar-refractivity contribution in [2.75, 3.05) is 14.6 Å². The SMILES string of the molecule is [Pt].[c-]1c(-c2nc3ccccc3s2)ccc2c1B1c3[c-]c(N4C=CN(c5ccccc5)[CH-]4)ccc3-c3ccccc3N1c1ccccc1-2. The Kier molecular flexibility index (Phi) is 6.70. The molecule has 4 heterocycles. The summed E-state index contributed by atoms with van der Waals surface area (Å²) in [5, 5.41) is 0.987. The second-order valence-corrected chi connectivity index (χ2v) is 12.8. The van der Waals surface area contributed by atoms with Crippen molar-refractivity contribution in [3.05, 3.63) is 159 Å². The average molecular weight is 799 g/mol. The van der Waals surface area contributed by atoms with Crippen LogP contribution in [0.3, 0.4) is 0 Å². The molecule has 0 fully saturated rings. The molecular weight excluding hydrogens is 774 g/mol. The molecule has 7 aromatic rings. The molecule has 0 saturated heterocycles. The molecule has 3 aliphatic heterocycles. The smallest absolute Gasteiger partial charge is 0.285 e. The Balaban J connectivity index is 0.00000302. The van der Waals surface area contributed by atoms with Gasteiger partial charge < -0.3 is 14.6 Å². The zero-order valence-electron chi connectivity index (χ0n) is 24.9. The maximum absolute atomic E-state index is 5.00. The van der Waals surface area contributed by atoms with Gasteiger partial charge in [0, 0.05) is 47.8 Å². The summed E-state index contributed by atoms with van der Waals surface area (Å²) in [6, 6.07) is 53.0. The molecule has 0 atom stereocenters. The third kappa shape index (κ3) is 4.43. The second kappa shape index (κ2) is 11.1. The van der Waals surface area contributed by atoms with Crippen LogP contribution in [0.1, 0.15) is 0 Å². The summed E-state index contributed by atoms with van der Waals surface area (Å²) in [5.41, 5.74) is 13.7. The molecule has 0 N–H and O–H groups in total. The van der Waals surface area contributed by atoms with Crippen LogP contribution in [-0.2, 0) is 21.1 Å². The van der Waals surface area contributed by atoms with Gasteiger partial charge in [-0.15, -0.1) is 58.8 Å². The third-order valence-corrected chi connectivity index (χ3v) is 10.2. The van der Waals surface area contributed by atoms with Crippen molar-refractivity contribution in [3.8, 4) is 32.8 Å². The predicted molar refractivity (Wildman–Crippen MR) is 192 cm³/mol. The maximum atomic E-state index is 5.00. The Morgan fingerprint density at radius 1 is 0.596 bits per heavy atom. The molecule has 1 aromatic heterocycles. The van der Waals surface area contributed by atoms with Crippen LogP contribution in [0, 0.1) is 18.8 Å². The topological polar surface area (TPSA) is 22.6 Å². The zero-order valence-corrected chi connectivity index (χ0v) is 28.0. The van der Waals surface area contributed by atoms with Crippen molar-refractivity contribution >= 4 is 62.1 Å². The largest absolute Gasteiger partial charge is 0.500 e. The maximum Gasteiger partial charge on any atom is 0.285 e. The average Bonchev–Trinajstić information content (AvgIpc) is 3.80. The minimum absolute atomic E-state index is 0. The van der Waals surface area contributed by atoms with E-state index in [1.54, 1.807) is 11.3 Å². The van der Waals surface area contributed by atoms with Crippen LogP contribution in [0.25, 0.3) is 43.0 Å². The van der Waals surface area contributed by atoms with Gasteiger partial charge in [0.2, 0.25) is 0 Å². The van der Waals surface area contributed by atoms with E-state index in [0.29, 0.717) is 0 Å². The molecule has 47 heavy (non-hydrogen) atoms. The minimum atomic E-state index is -0.110. The molecule has 3 aliphatic rings. The summed E-state index contributed by atoms with van der Waals surface area (Å²) in [6.45, 7) is 2.00. The fourth-order valence-corrected chi connectivity index (χ4v) is 8.00. The van der Waals surface area contributed by atoms with Gasteiger partial charge in [0.15, 0.2) is 0 Å². The fourth-order valence-electron chi connectivity index (χ4n) is 7.06. The van der Waals surface area contributed by atoms with E-state index in [9.17, 15) is 0 Å². The number of aromatic nitrogens is 1. The van der Waals surface area contributed by atoms with E-state index in [-0.39, 0.29) is 27.9 Å². The van der Waals surface area contributed by atoms with Crippen molar-refractivity contribution in [1.29, 1.82) is 0 Å². The molecule has 0 spiro atoms. The number of rotatable bonds is 3. The van der Waals surface area contributed by atoms with Gasteiger partial charge in [-0.2, -0.15) is 28.9 Å². The molecule has 10 rings (SSSR count). The van der Waals surface area contributed by atoms with Gasteiger partial charge in [0.05, 0.1) is 5.52 Å². The Hall–Kier alpha value is -4.90. The van der Waals surface area contributed by atoms with Gasteiger partial charge >= 0.3 is 0 Å². The zero-order chi connectivity index (χ0) is 30.2. The number of thiazole rings is 1. The van der Waals surface area contributed by atoms with Crippen molar-refractivity contribution < 1.29 is 21.1 Å². The third-order valence-electron chi connectivity index (χ3n) is 9.14. The Bertz CT molecular complexity index is 2320. The number of fused-ring (bicyclic) bond motifs is 12. The predicted octanol–water partition coefficient (Wildman–Crippen LogP) is 8.38. The van der Waals surface area contributed by atoms with E-state index < -0.39 is 0 Å². The van der Waals surface area contributed by atoms with E-state index >= 15 is 0 Å². The van der Waals surface area contributed by atoms with Crippen LogP contribution in [0.5, 0.6) is 0 Å². The summed E-state index contributed by atoms with van der Waals surface area (Å²) in [4.78, 5) is 11.8. The van der Waals surface area contributed by atoms with E-state index in [0.717, 1.165) is 38.4 Å². The molecule has 0 amide bonds. The molecular formula is C40H24BN4PtS-3. The number of benzene rings is 6. The number of para-hydroxylation sites is 4. The van der Waals surface area contributed by atoms with Crippen LogP contribution in [0.4, 0.5) is 22.7 Å². The molecule has 226 valence electrons. The van der Waals surface area contributed by atoms with E-state index in [1.165, 1.54) is 38.3 Å². The number of anilines is 4. The molecule has 0 unspecified atom stereocenters. The molecule has 4 nitrogen and oxygen atoms in total. The van der Waals surface area contributed by atoms with Crippen LogP contribution in [0.2, 0.25) is 0 Å². The Morgan fingerprint density at radius 2 is 1.23 bits per heavy atom. The summed E-state index contributed by atoms with van der Waals surface area (Å²) in [6.07, 6.45) is 4.19. The standard InChI is InChI=1S/C40H24BN4S.Pt/c1-2-10-28(11-3-1)43-22-23-44(26-43)29-19-21-31-33-13-5-8-16-38(33)45-37-15-7-4-12-32(37)30-20-18-27(24-34(30)41(45)35(31)25-29)40-42-36-14-6-9-17-39(36)46-40;/h1-23,26H;/q-3;. The van der Waals surface area contributed by atoms with Gasteiger partial charge in [-0.3, -0.25) is 4.98 Å². The summed E-state index contributed by atoms with van der Waals surface area (Å²) >= 11 is 1.72. The molecule has 7 heteroatoms. The first-order valence-electron chi connectivity index (χ1n) is 15.4. The van der Waals surface area contributed by atoms with Gasteiger partial charge in [-0.25, -0.2) is 0 Å². The van der Waals surface area contributed by atoms with Crippen LogP contribution >= 0.6 is 11.3 Å².